The fourth-order valence-corrected chi connectivity index (χ4v) is 2.49. The number of imidazole rings is 1. The first-order valence-electron chi connectivity index (χ1n) is 7.98. The molecular weight excluding hydrogens is 330 g/mol. The van der Waals surface area contributed by atoms with E-state index in [2.05, 4.69) is 20.3 Å². The van der Waals surface area contributed by atoms with Gasteiger partial charge in [0.2, 0.25) is 5.89 Å². The van der Waals surface area contributed by atoms with Crippen LogP contribution < -0.4 is 5.32 Å². The van der Waals surface area contributed by atoms with Crippen LogP contribution in [0.15, 0.2) is 71.9 Å². The Labute approximate surface area is 149 Å². The molecule has 0 fully saturated rings. The van der Waals surface area contributed by atoms with Crippen LogP contribution in [0.1, 0.15) is 16.1 Å². The molecule has 0 aliphatic rings. The normalized spacial score (nSPS) is 10.7. The molecule has 0 bridgehead atoms. The molecule has 0 aliphatic carbocycles. The van der Waals surface area contributed by atoms with E-state index in [4.69, 9.17) is 4.42 Å². The predicted octanol–water partition coefficient (Wildman–Crippen LogP) is 3.48. The van der Waals surface area contributed by atoms with Crippen molar-refractivity contribution in [2.45, 2.75) is 6.92 Å². The lowest BCUT2D eigenvalue weighted by atomic mass is 10.2. The smallest absolute Gasteiger partial charge is 0.257 e. The van der Waals surface area contributed by atoms with Crippen molar-refractivity contribution in [2.75, 3.05) is 5.32 Å². The van der Waals surface area contributed by atoms with Crippen LogP contribution >= 0.6 is 0 Å². The number of pyridine rings is 1. The number of rotatable bonds is 4. The molecule has 3 heterocycles. The number of amides is 1. The highest BCUT2D eigenvalue weighted by Crippen LogP contribution is 2.22. The molecule has 26 heavy (non-hydrogen) atoms. The van der Waals surface area contributed by atoms with Gasteiger partial charge >= 0.3 is 0 Å². The lowest BCUT2D eigenvalue weighted by Gasteiger charge is -2.07. The summed E-state index contributed by atoms with van der Waals surface area (Å²) >= 11 is 0. The van der Waals surface area contributed by atoms with Crippen molar-refractivity contribution >= 4 is 11.6 Å². The average Bonchev–Trinajstić information content (AvgIpc) is 3.34. The number of oxazole rings is 1. The van der Waals surface area contributed by atoms with Gasteiger partial charge < -0.3 is 9.73 Å². The largest absolute Gasteiger partial charge is 0.441 e. The summed E-state index contributed by atoms with van der Waals surface area (Å²) < 4.78 is 7.29. The molecule has 3 aromatic heterocycles. The van der Waals surface area contributed by atoms with Gasteiger partial charge in [-0.15, -0.1) is 0 Å². The number of carbonyl (C=O) groups is 1. The minimum Gasteiger partial charge on any atom is -0.441 e. The summed E-state index contributed by atoms with van der Waals surface area (Å²) in [5.41, 5.74) is 1.91. The molecule has 0 saturated carbocycles. The molecule has 128 valence electrons. The van der Waals surface area contributed by atoms with Crippen molar-refractivity contribution in [3.8, 4) is 17.3 Å². The van der Waals surface area contributed by atoms with Gasteiger partial charge in [0.05, 0.1) is 11.8 Å². The second-order valence-electron chi connectivity index (χ2n) is 5.69. The number of nitrogens with one attached hydrogen (secondary N) is 1. The first kappa shape index (κ1) is 15.8. The number of aromatic nitrogens is 4. The van der Waals surface area contributed by atoms with Gasteiger partial charge in [-0.25, -0.2) is 15.0 Å². The van der Waals surface area contributed by atoms with Crippen molar-refractivity contribution in [3.05, 3.63) is 78.8 Å². The van der Waals surface area contributed by atoms with Crippen LogP contribution in [0.5, 0.6) is 0 Å². The molecule has 1 amide bonds. The third-order valence-corrected chi connectivity index (χ3v) is 3.77. The second-order valence-corrected chi connectivity index (χ2v) is 5.69. The second kappa shape index (κ2) is 6.64. The molecule has 1 aromatic carbocycles. The molecule has 0 unspecified atom stereocenters. The summed E-state index contributed by atoms with van der Waals surface area (Å²) in [6, 6.07) is 10.8. The summed E-state index contributed by atoms with van der Waals surface area (Å²) in [7, 11) is 0. The molecule has 0 atom stereocenters. The third-order valence-electron chi connectivity index (χ3n) is 3.77. The van der Waals surface area contributed by atoms with Crippen molar-refractivity contribution < 1.29 is 9.21 Å². The zero-order valence-corrected chi connectivity index (χ0v) is 14.0. The highest BCUT2D eigenvalue weighted by Gasteiger charge is 2.10. The Hall–Kier alpha value is -3.74. The van der Waals surface area contributed by atoms with Gasteiger partial charge in [-0.05, 0) is 37.3 Å². The topological polar surface area (TPSA) is 85.8 Å². The van der Waals surface area contributed by atoms with Gasteiger partial charge in [-0.3, -0.25) is 9.36 Å². The van der Waals surface area contributed by atoms with E-state index in [0.29, 0.717) is 23.0 Å². The first-order chi connectivity index (χ1) is 12.7. The Balaban J connectivity index is 1.51. The molecule has 0 spiro atoms. The Morgan fingerprint density at radius 3 is 2.77 bits per heavy atom. The van der Waals surface area contributed by atoms with Gasteiger partial charge in [0.15, 0.2) is 0 Å². The van der Waals surface area contributed by atoms with E-state index in [0.717, 1.165) is 11.3 Å². The maximum Gasteiger partial charge on any atom is 0.257 e. The van der Waals surface area contributed by atoms with Crippen LogP contribution in [0.2, 0.25) is 0 Å². The Kier molecular flexibility index (Phi) is 4.03. The monoisotopic (exact) mass is 345 g/mol. The average molecular weight is 345 g/mol. The Bertz CT molecular complexity index is 1040. The molecule has 0 saturated heterocycles. The van der Waals surface area contributed by atoms with Gasteiger partial charge in [-0.1, -0.05) is 6.07 Å². The van der Waals surface area contributed by atoms with Crippen LogP contribution in [-0.4, -0.2) is 25.4 Å². The summed E-state index contributed by atoms with van der Waals surface area (Å²) in [5.74, 6) is 1.71. The number of hydrogen-bond donors (Lipinski definition) is 1. The van der Waals surface area contributed by atoms with Crippen LogP contribution in [0.4, 0.5) is 5.69 Å². The van der Waals surface area contributed by atoms with E-state index in [1.54, 1.807) is 41.6 Å². The van der Waals surface area contributed by atoms with Gasteiger partial charge in [0.25, 0.3) is 5.91 Å². The SMILES string of the molecule is Cc1cnc(-c2cccc(NC(=O)c3ccc(-n4ccnc4)nc3)c2)o1. The number of anilines is 1. The van der Waals surface area contributed by atoms with E-state index in [1.165, 1.54) is 6.20 Å². The van der Waals surface area contributed by atoms with E-state index in [-0.39, 0.29) is 5.91 Å². The molecule has 0 radical (unpaired) electrons. The lowest BCUT2D eigenvalue weighted by molar-refractivity contribution is 0.102. The molecule has 1 N–H and O–H groups in total. The third kappa shape index (κ3) is 3.23. The fraction of sp³-hybridized carbons (Fsp3) is 0.0526. The zero-order chi connectivity index (χ0) is 17.9. The van der Waals surface area contributed by atoms with E-state index in [9.17, 15) is 4.79 Å². The van der Waals surface area contributed by atoms with Crippen LogP contribution in [0.25, 0.3) is 17.3 Å². The zero-order valence-electron chi connectivity index (χ0n) is 14.0. The number of nitrogens with zero attached hydrogens (tertiary/aromatic N) is 4. The molecule has 0 aliphatic heterocycles. The molecule has 4 rings (SSSR count). The fourth-order valence-electron chi connectivity index (χ4n) is 2.49. The Morgan fingerprint density at radius 2 is 2.08 bits per heavy atom. The van der Waals surface area contributed by atoms with E-state index in [1.807, 2.05) is 31.2 Å². The minimum absolute atomic E-state index is 0.240. The quantitative estimate of drug-likeness (QED) is 0.612. The molecule has 7 nitrogen and oxygen atoms in total. The maximum atomic E-state index is 12.5. The summed E-state index contributed by atoms with van der Waals surface area (Å²) in [4.78, 5) is 24.9. The highest BCUT2D eigenvalue weighted by molar-refractivity contribution is 6.04. The van der Waals surface area contributed by atoms with Gasteiger partial charge in [0.1, 0.15) is 17.9 Å². The number of aryl methyl sites for hydroxylation is 1. The van der Waals surface area contributed by atoms with E-state index < -0.39 is 0 Å². The van der Waals surface area contributed by atoms with Crippen LogP contribution in [0.3, 0.4) is 0 Å². The number of carbonyl (C=O) groups excluding carboxylic acids is 1. The van der Waals surface area contributed by atoms with Crippen molar-refractivity contribution in [3.63, 3.8) is 0 Å². The highest BCUT2D eigenvalue weighted by atomic mass is 16.4. The van der Waals surface area contributed by atoms with Crippen molar-refractivity contribution in [2.24, 2.45) is 0 Å². The standard InChI is InChI=1S/C19H15N5O2/c1-13-10-22-19(26-13)14-3-2-4-16(9-14)23-18(25)15-5-6-17(21-11-15)24-8-7-20-12-24/h2-12H,1H3,(H,23,25). The lowest BCUT2D eigenvalue weighted by Crippen LogP contribution is -2.12. The van der Waals surface area contributed by atoms with Crippen molar-refractivity contribution in [1.29, 1.82) is 0 Å². The number of benzene rings is 1. The van der Waals surface area contributed by atoms with Crippen LogP contribution in [-0.2, 0) is 0 Å². The predicted molar refractivity (Wildman–Crippen MR) is 96.0 cm³/mol. The molecule has 4 aromatic rings. The summed E-state index contributed by atoms with van der Waals surface area (Å²) in [6.07, 6.45) is 8.31. The number of hydrogen-bond acceptors (Lipinski definition) is 5. The minimum atomic E-state index is -0.240. The van der Waals surface area contributed by atoms with Gasteiger partial charge in [0, 0.05) is 29.8 Å². The molecular formula is C19H15N5O2. The first-order valence-corrected chi connectivity index (χ1v) is 7.98. The summed E-state index contributed by atoms with van der Waals surface area (Å²) in [6.45, 7) is 1.84. The van der Waals surface area contributed by atoms with Crippen LogP contribution in [0, 0.1) is 6.92 Å². The Morgan fingerprint density at radius 1 is 1.15 bits per heavy atom. The van der Waals surface area contributed by atoms with Gasteiger partial charge in [-0.2, -0.15) is 0 Å². The summed E-state index contributed by atoms with van der Waals surface area (Å²) in [5, 5.41) is 2.86. The molecule has 7 heteroatoms. The van der Waals surface area contributed by atoms with Crippen molar-refractivity contribution in [1.82, 2.24) is 19.5 Å². The maximum absolute atomic E-state index is 12.5. The van der Waals surface area contributed by atoms with E-state index >= 15 is 0 Å².